The fraction of sp³-hybridized carbons (Fsp3) is 0.500. The molecule has 60 valence electrons. The van der Waals surface area contributed by atoms with Gasteiger partial charge in [-0.2, -0.15) is 0 Å². The van der Waals surface area contributed by atoms with Crippen LogP contribution in [0.2, 0.25) is 0 Å². The molecule has 0 aromatic heterocycles. The smallest absolute Gasteiger partial charge is 0.316 e. The quantitative estimate of drug-likeness (QED) is 0.533. The molecule has 0 heterocycles. The fourth-order valence-corrected chi connectivity index (χ4v) is 0.979. The topological polar surface area (TPSA) is 91.7 Å². The van der Waals surface area contributed by atoms with E-state index in [1.165, 1.54) is 0 Å². The zero-order valence-corrected chi connectivity index (χ0v) is 11.8. The third-order valence-electron chi connectivity index (χ3n) is 0.569. The van der Waals surface area contributed by atoms with Crippen molar-refractivity contribution in [2.24, 2.45) is 0 Å². The standard InChI is InChI=1S/C4H6O5S.2Na/c5-3(6)1-10(9)2-4(7)8;;/h1-2H2,(H,5,6)(H,7,8);;. The molecule has 0 amide bonds. The molecule has 0 saturated heterocycles. The molecular formula is C4H6Na2O5S. The number of aliphatic carboxylic acids is 2. The molecule has 8 heteroatoms. The van der Waals surface area contributed by atoms with Crippen LogP contribution in [-0.2, 0) is 20.4 Å². The van der Waals surface area contributed by atoms with Crippen LogP contribution in [0, 0.1) is 0 Å². The maximum atomic E-state index is 10.4. The molecule has 12 heavy (non-hydrogen) atoms. The molecule has 0 saturated carbocycles. The molecule has 0 bridgehead atoms. The number of rotatable bonds is 4. The first-order valence-corrected chi connectivity index (χ1v) is 3.79. The Labute approximate surface area is 116 Å². The SMILES string of the molecule is O=C(O)CS(=O)CC(=O)O.[Na].[Na]. The van der Waals surface area contributed by atoms with E-state index in [2.05, 4.69) is 0 Å². The van der Waals surface area contributed by atoms with Crippen molar-refractivity contribution in [3.63, 3.8) is 0 Å². The first-order valence-electron chi connectivity index (χ1n) is 2.31. The second-order valence-electron chi connectivity index (χ2n) is 1.52. The molecule has 0 aliphatic carbocycles. The van der Waals surface area contributed by atoms with Crippen LogP contribution in [0.5, 0.6) is 0 Å². The van der Waals surface area contributed by atoms with Gasteiger partial charge in [-0.3, -0.25) is 13.8 Å². The number of carboxylic acid groups (broad SMARTS) is 2. The Morgan fingerprint density at radius 1 is 1.00 bits per heavy atom. The van der Waals surface area contributed by atoms with E-state index in [1.807, 2.05) is 0 Å². The second-order valence-corrected chi connectivity index (χ2v) is 2.97. The van der Waals surface area contributed by atoms with Gasteiger partial charge in [0.05, 0.1) is 0 Å². The molecule has 0 aromatic carbocycles. The Morgan fingerprint density at radius 3 is 1.42 bits per heavy atom. The van der Waals surface area contributed by atoms with E-state index in [0.717, 1.165) is 0 Å². The van der Waals surface area contributed by atoms with Crippen molar-refractivity contribution in [1.29, 1.82) is 0 Å². The van der Waals surface area contributed by atoms with Crippen LogP contribution in [0.1, 0.15) is 0 Å². The Bertz CT molecular complexity index is 164. The average Bonchev–Trinajstić information content (AvgIpc) is 1.58. The Kier molecular flexibility index (Phi) is 15.9. The minimum atomic E-state index is -1.78. The van der Waals surface area contributed by atoms with Gasteiger partial charge in [-0.1, -0.05) is 0 Å². The largest absolute Gasteiger partial charge is 0.481 e. The predicted molar refractivity (Wildman–Crippen MR) is 44.7 cm³/mol. The summed E-state index contributed by atoms with van der Waals surface area (Å²) in [4.78, 5) is 19.6. The van der Waals surface area contributed by atoms with Crippen molar-refractivity contribution in [1.82, 2.24) is 0 Å². The first-order chi connectivity index (χ1) is 4.52. The zero-order chi connectivity index (χ0) is 8.15. The molecule has 2 N–H and O–H groups in total. The van der Waals surface area contributed by atoms with Crippen molar-refractivity contribution in [2.75, 3.05) is 11.5 Å². The average molecular weight is 212 g/mol. The van der Waals surface area contributed by atoms with Gasteiger partial charge in [0.2, 0.25) is 0 Å². The summed E-state index contributed by atoms with van der Waals surface area (Å²) in [6, 6.07) is 0. The van der Waals surface area contributed by atoms with Gasteiger partial charge in [-0.25, -0.2) is 0 Å². The number of carboxylic acids is 2. The zero-order valence-electron chi connectivity index (χ0n) is 6.94. The van der Waals surface area contributed by atoms with E-state index in [0.29, 0.717) is 0 Å². The van der Waals surface area contributed by atoms with Gasteiger partial charge in [-0.05, 0) is 0 Å². The minimum absolute atomic E-state index is 0. The van der Waals surface area contributed by atoms with E-state index in [1.54, 1.807) is 0 Å². The van der Waals surface area contributed by atoms with Crippen molar-refractivity contribution >= 4 is 81.9 Å². The van der Waals surface area contributed by atoms with Gasteiger partial charge >= 0.3 is 11.9 Å². The molecule has 0 atom stereocenters. The normalized spacial score (nSPS) is 8.08. The van der Waals surface area contributed by atoms with Crippen LogP contribution < -0.4 is 0 Å². The fourth-order valence-electron chi connectivity index (χ4n) is 0.326. The molecule has 0 aromatic rings. The van der Waals surface area contributed by atoms with Gasteiger partial charge < -0.3 is 10.2 Å². The maximum Gasteiger partial charge on any atom is 0.316 e. The van der Waals surface area contributed by atoms with E-state index < -0.39 is 34.2 Å². The van der Waals surface area contributed by atoms with Crippen LogP contribution in [0.25, 0.3) is 0 Å². The van der Waals surface area contributed by atoms with E-state index in [-0.39, 0.29) is 59.1 Å². The van der Waals surface area contributed by atoms with Crippen LogP contribution in [0.15, 0.2) is 0 Å². The van der Waals surface area contributed by atoms with Gasteiger partial charge in [0.25, 0.3) is 0 Å². The van der Waals surface area contributed by atoms with Gasteiger partial charge in [0.15, 0.2) is 0 Å². The number of hydrogen-bond donors (Lipinski definition) is 2. The summed E-state index contributed by atoms with van der Waals surface area (Å²) >= 11 is 0. The Hall–Kier alpha value is 1.09. The monoisotopic (exact) mass is 212 g/mol. The third kappa shape index (κ3) is 13.7. The Balaban J connectivity index is -0.000000405. The van der Waals surface area contributed by atoms with Crippen LogP contribution in [0.4, 0.5) is 0 Å². The summed E-state index contributed by atoms with van der Waals surface area (Å²) in [6.45, 7) is 0. The molecule has 0 aliphatic heterocycles. The maximum absolute atomic E-state index is 10.4. The van der Waals surface area contributed by atoms with Crippen molar-refractivity contribution in [2.45, 2.75) is 0 Å². The second kappa shape index (κ2) is 10.2. The number of carbonyl (C=O) groups is 2. The molecule has 2 radical (unpaired) electrons. The minimum Gasteiger partial charge on any atom is -0.481 e. The Morgan fingerprint density at radius 2 is 1.25 bits per heavy atom. The van der Waals surface area contributed by atoms with Crippen LogP contribution in [0.3, 0.4) is 0 Å². The van der Waals surface area contributed by atoms with Gasteiger partial charge in [-0.15, -0.1) is 0 Å². The third-order valence-corrected chi connectivity index (χ3v) is 1.71. The van der Waals surface area contributed by atoms with Gasteiger partial charge in [0.1, 0.15) is 11.5 Å². The molecule has 0 rings (SSSR count). The van der Waals surface area contributed by atoms with Gasteiger partial charge in [0, 0.05) is 69.9 Å². The van der Waals surface area contributed by atoms with Crippen LogP contribution >= 0.6 is 0 Å². The molecular weight excluding hydrogens is 206 g/mol. The summed E-state index contributed by atoms with van der Waals surface area (Å²) in [5.74, 6) is -3.71. The number of hydrogen-bond acceptors (Lipinski definition) is 3. The molecule has 0 unspecified atom stereocenters. The summed E-state index contributed by atoms with van der Waals surface area (Å²) in [7, 11) is -1.78. The van der Waals surface area contributed by atoms with Crippen LogP contribution in [-0.4, -0.2) is 97.0 Å². The summed E-state index contributed by atoms with van der Waals surface area (Å²) < 4.78 is 10.4. The van der Waals surface area contributed by atoms with Crippen molar-refractivity contribution < 1.29 is 24.0 Å². The summed E-state index contributed by atoms with van der Waals surface area (Å²) in [5, 5.41) is 16.0. The first kappa shape index (κ1) is 18.8. The van der Waals surface area contributed by atoms with E-state index >= 15 is 0 Å². The van der Waals surface area contributed by atoms with E-state index in [9.17, 15) is 13.8 Å². The molecule has 0 fully saturated rings. The van der Waals surface area contributed by atoms with Crippen molar-refractivity contribution in [3.05, 3.63) is 0 Å². The van der Waals surface area contributed by atoms with E-state index in [4.69, 9.17) is 10.2 Å². The summed E-state index contributed by atoms with van der Waals surface area (Å²) in [5.41, 5.74) is 0. The predicted octanol–water partition coefficient (Wildman–Crippen LogP) is -1.86. The van der Waals surface area contributed by atoms with Crippen molar-refractivity contribution in [3.8, 4) is 0 Å². The molecule has 5 nitrogen and oxygen atoms in total. The molecule has 0 spiro atoms. The summed E-state index contributed by atoms with van der Waals surface area (Å²) in [6.07, 6.45) is 0. The molecule has 0 aliphatic rings.